The van der Waals surface area contributed by atoms with Crippen LogP contribution in [0.15, 0.2) is 16.6 Å². The van der Waals surface area contributed by atoms with E-state index in [2.05, 4.69) is 21.2 Å². The number of hydrogen-bond acceptors (Lipinski definition) is 4. The number of nitrogens with one attached hydrogen (secondary N) is 1. The molecule has 0 bridgehead atoms. The minimum absolute atomic E-state index is 0.508. The zero-order valence-corrected chi connectivity index (χ0v) is 12.9. The fraction of sp³-hybridized carbons (Fsp3) is 0.571. The molecule has 0 aliphatic heterocycles. The van der Waals surface area contributed by atoms with E-state index in [1.165, 1.54) is 0 Å². The van der Waals surface area contributed by atoms with Crippen molar-refractivity contribution in [3.63, 3.8) is 0 Å². The van der Waals surface area contributed by atoms with Gasteiger partial charge in [0.25, 0.3) is 0 Å². The van der Waals surface area contributed by atoms with Gasteiger partial charge in [-0.3, -0.25) is 0 Å². The number of aliphatic hydroxyl groups is 1. The lowest BCUT2D eigenvalue weighted by molar-refractivity contribution is -0.0315. The van der Waals surface area contributed by atoms with E-state index in [4.69, 9.17) is 9.47 Å². The highest BCUT2D eigenvalue weighted by molar-refractivity contribution is 9.10. The van der Waals surface area contributed by atoms with E-state index in [0.29, 0.717) is 13.1 Å². The Hall–Kier alpha value is -0.780. The minimum Gasteiger partial charge on any atom is -0.497 e. The second-order valence-corrected chi connectivity index (χ2v) is 5.83. The summed E-state index contributed by atoms with van der Waals surface area (Å²) < 4.78 is 11.5. The van der Waals surface area contributed by atoms with Gasteiger partial charge in [-0.15, -0.1) is 0 Å². The molecule has 1 saturated carbocycles. The molecule has 1 fully saturated rings. The average Bonchev–Trinajstić information content (AvgIpc) is 2.38. The van der Waals surface area contributed by atoms with Gasteiger partial charge in [-0.2, -0.15) is 0 Å². The van der Waals surface area contributed by atoms with Crippen molar-refractivity contribution in [2.75, 3.05) is 20.8 Å². The van der Waals surface area contributed by atoms with Crippen LogP contribution in [0.5, 0.6) is 11.5 Å². The summed E-state index contributed by atoms with van der Waals surface area (Å²) >= 11 is 3.53. The molecule has 2 rings (SSSR count). The first kappa shape index (κ1) is 14.6. The van der Waals surface area contributed by atoms with E-state index >= 15 is 0 Å². The van der Waals surface area contributed by atoms with Gasteiger partial charge in [-0.25, -0.2) is 0 Å². The van der Waals surface area contributed by atoms with Crippen LogP contribution in [0, 0.1) is 0 Å². The van der Waals surface area contributed by atoms with Crippen molar-refractivity contribution < 1.29 is 14.6 Å². The third-order valence-electron chi connectivity index (χ3n) is 3.62. The van der Waals surface area contributed by atoms with Crippen molar-refractivity contribution in [1.82, 2.24) is 5.32 Å². The molecule has 1 aromatic rings. The van der Waals surface area contributed by atoms with Crippen molar-refractivity contribution in [3.8, 4) is 11.5 Å². The molecule has 0 spiro atoms. The summed E-state index contributed by atoms with van der Waals surface area (Å²) in [4.78, 5) is 0. The van der Waals surface area contributed by atoms with Crippen LogP contribution in [-0.2, 0) is 6.54 Å². The second-order valence-electron chi connectivity index (χ2n) is 4.97. The van der Waals surface area contributed by atoms with Gasteiger partial charge < -0.3 is 19.9 Å². The second kappa shape index (κ2) is 6.11. The van der Waals surface area contributed by atoms with Crippen LogP contribution in [0.1, 0.15) is 24.8 Å². The average molecular weight is 330 g/mol. The van der Waals surface area contributed by atoms with Gasteiger partial charge in [0, 0.05) is 29.2 Å². The predicted molar refractivity (Wildman–Crippen MR) is 77.8 cm³/mol. The summed E-state index contributed by atoms with van der Waals surface area (Å²) in [6.07, 6.45) is 2.90. The van der Waals surface area contributed by atoms with Gasteiger partial charge in [-0.1, -0.05) is 15.9 Å². The monoisotopic (exact) mass is 329 g/mol. The van der Waals surface area contributed by atoms with E-state index < -0.39 is 5.60 Å². The molecule has 0 aromatic heterocycles. The molecule has 106 valence electrons. The highest BCUT2D eigenvalue weighted by atomic mass is 79.9. The Bertz CT molecular complexity index is 447. The maximum Gasteiger partial charge on any atom is 0.128 e. The number of benzene rings is 1. The molecule has 4 nitrogen and oxygen atoms in total. The number of halogens is 1. The molecule has 2 N–H and O–H groups in total. The summed E-state index contributed by atoms with van der Waals surface area (Å²) in [5.41, 5.74) is 0.526. The largest absolute Gasteiger partial charge is 0.497 e. The van der Waals surface area contributed by atoms with Gasteiger partial charge in [-0.05, 0) is 25.3 Å². The Balaban J connectivity index is 2.02. The van der Waals surface area contributed by atoms with Crippen molar-refractivity contribution in [3.05, 3.63) is 22.2 Å². The summed E-state index contributed by atoms with van der Waals surface area (Å²) in [5.74, 6) is 1.53. The zero-order chi connectivity index (χ0) is 13.9. The van der Waals surface area contributed by atoms with Gasteiger partial charge in [0.15, 0.2) is 0 Å². The lowest BCUT2D eigenvalue weighted by Crippen LogP contribution is -2.46. The first-order chi connectivity index (χ1) is 9.08. The number of hydrogen-bond donors (Lipinski definition) is 2. The lowest BCUT2D eigenvalue weighted by atomic mass is 9.80. The highest BCUT2D eigenvalue weighted by Crippen LogP contribution is 2.33. The van der Waals surface area contributed by atoms with Crippen molar-refractivity contribution in [2.24, 2.45) is 0 Å². The summed E-state index contributed by atoms with van der Waals surface area (Å²) in [5, 5.41) is 13.3. The maximum atomic E-state index is 10.0. The van der Waals surface area contributed by atoms with Crippen molar-refractivity contribution >= 4 is 15.9 Å². The van der Waals surface area contributed by atoms with Gasteiger partial charge in [0.2, 0.25) is 0 Å². The third-order valence-corrected chi connectivity index (χ3v) is 4.33. The number of methoxy groups -OCH3 is 2. The maximum absolute atomic E-state index is 10.0. The smallest absolute Gasteiger partial charge is 0.128 e. The van der Waals surface area contributed by atoms with Gasteiger partial charge in [0.1, 0.15) is 11.5 Å². The van der Waals surface area contributed by atoms with Crippen molar-refractivity contribution in [2.45, 2.75) is 31.4 Å². The Labute approximate surface area is 122 Å². The van der Waals surface area contributed by atoms with Crippen LogP contribution in [0.25, 0.3) is 0 Å². The van der Waals surface area contributed by atoms with Gasteiger partial charge >= 0.3 is 0 Å². The fourth-order valence-corrected chi connectivity index (χ4v) is 2.80. The Morgan fingerprint density at radius 3 is 2.58 bits per heavy atom. The molecule has 1 aromatic carbocycles. The third kappa shape index (κ3) is 3.41. The molecule has 19 heavy (non-hydrogen) atoms. The van der Waals surface area contributed by atoms with Crippen LogP contribution in [0.3, 0.4) is 0 Å². The molecular weight excluding hydrogens is 310 g/mol. The molecule has 1 aliphatic carbocycles. The van der Waals surface area contributed by atoms with E-state index in [0.717, 1.165) is 40.8 Å². The Morgan fingerprint density at radius 1 is 1.32 bits per heavy atom. The first-order valence-corrected chi connectivity index (χ1v) is 7.21. The van der Waals surface area contributed by atoms with Crippen LogP contribution < -0.4 is 14.8 Å². The molecule has 1 aliphatic rings. The summed E-state index contributed by atoms with van der Waals surface area (Å²) in [6, 6.07) is 3.78. The standard InChI is InChI=1S/C14H20BrNO3/c1-18-10-6-12(15)11(13(7-10)19-2)8-16-9-14(17)4-3-5-14/h6-7,16-17H,3-5,8-9H2,1-2H3. The van der Waals surface area contributed by atoms with Crippen LogP contribution in [0.4, 0.5) is 0 Å². The number of rotatable bonds is 6. The van der Waals surface area contributed by atoms with Crippen LogP contribution >= 0.6 is 15.9 Å². The van der Waals surface area contributed by atoms with Crippen LogP contribution in [0.2, 0.25) is 0 Å². The van der Waals surface area contributed by atoms with Crippen molar-refractivity contribution in [1.29, 1.82) is 0 Å². The molecular formula is C14H20BrNO3. The van der Waals surface area contributed by atoms with E-state index in [9.17, 15) is 5.11 Å². The van der Waals surface area contributed by atoms with Gasteiger partial charge in [0.05, 0.1) is 19.8 Å². The predicted octanol–water partition coefficient (Wildman–Crippen LogP) is 2.47. The van der Waals surface area contributed by atoms with E-state index in [1.54, 1.807) is 14.2 Å². The zero-order valence-electron chi connectivity index (χ0n) is 11.3. The van der Waals surface area contributed by atoms with Crippen LogP contribution in [-0.4, -0.2) is 31.5 Å². The Kier molecular flexibility index (Phi) is 4.71. The molecule has 0 saturated heterocycles. The molecule has 0 amide bonds. The normalized spacial score (nSPS) is 16.8. The lowest BCUT2D eigenvalue weighted by Gasteiger charge is -2.36. The number of ether oxygens (including phenoxy) is 2. The van der Waals surface area contributed by atoms with E-state index in [-0.39, 0.29) is 0 Å². The minimum atomic E-state index is -0.508. The SMILES string of the molecule is COc1cc(Br)c(CNCC2(O)CCC2)c(OC)c1. The summed E-state index contributed by atoms with van der Waals surface area (Å²) in [6.45, 7) is 1.27. The molecule has 0 unspecified atom stereocenters. The fourth-order valence-electron chi connectivity index (χ4n) is 2.24. The molecule has 5 heteroatoms. The topological polar surface area (TPSA) is 50.7 Å². The molecule has 0 atom stereocenters. The quantitative estimate of drug-likeness (QED) is 0.841. The molecule has 0 heterocycles. The van der Waals surface area contributed by atoms with E-state index in [1.807, 2.05) is 12.1 Å². The summed E-state index contributed by atoms with van der Waals surface area (Å²) in [7, 11) is 3.27. The first-order valence-electron chi connectivity index (χ1n) is 6.41. The Morgan fingerprint density at radius 2 is 2.05 bits per heavy atom. The molecule has 0 radical (unpaired) electrons. The highest BCUT2D eigenvalue weighted by Gasteiger charge is 2.33.